The minimum Gasteiger partial charge on any atom is -0.381 e. The molecule has 94 valence electrons. The third kappa shape index (κ3) is 2.83. The first-order valence-corrected chi connectivity index (χ1v) is 6.59. The molecule has 0 aromatic carbocycles. The van der Waals surface area contributed by atoms with Crippen LogP contribution in [0.2, 0.25) is 0 Å². The number of ether oxygens (including phenoxy) is 1. The van der Waals surface area contributed by atoms with Gasteiger partial charge >= 0.3 is 0 Å². The van der Waals surface area contributed by atoms with Crippen LogP contribution in [-0.2, 0) is 11.3 Å². The lowest BCUT2D eigenvalue weighted by molar-refractivity contribution is 0.0359. The molecule has 0 saturated carbocycles. The van der Waals surface area contributed by atoms with Crippen LogP contribution >= 0.6 is 11.3 Å². The molecule has 0 spiro atoms. The molecule has 0 aliphatic carbocycles. The molecule has 0 radical (unpaired) electrons. The van der Waals surface area contributed by atoms with Crippen LogP contribution in [0.3, 0.4) is 0 Å². The number of nitrogens with zero attached hydrogens (tertiary/aromatic N) is 2. The maximum absolute atomic E-state index is 12.2. The second-order valence-corrected chi connectivity index (χ2v) is 5.03. The number of carbonyl (C=O) groups is 1. The first-order chi connectivity index (χ1) is 8.22. The minimum atomic E-state index is -0.0205. The molecule has 2 N–H and O–H groups in total. The summed E-state index contributed by atoms with van der Waals surface area (Å²) < 4.78 is 5.29. The van der Waals surface area contributed by atoms with Gasteiger partial charge in [-0.2, -0.15) is 0 Å². The van der Waals surface area contributed by atoms with E-state index >= 15 is 0 Å². The third-order valence-corrected chi connectivity index (χ3v) is 3.88. The van der Waals surface area contributed by atoms with Gasteiger partial charge in [-0.05, 0) is 12.8 Å². The molecule has 1 aliphatic rings. The summed E-state index contributed by atoms with van der Waals surface area (Å²) in [6.07, 6.45) is 1.80. The van der Waals surface area contributed by atoms with E-state index in [2.05, 4.69) is 4.98 Å². The molecule has 0 unspecified atom stereocenters. The van der Waals surface area contributed by atoms with Crippen molar-refractivity contribution >= 4 is 17.2 Å². The van der Waals surface area contributed by atoms with Crippen LogP contribution in [0.1, 0.15) is 28.3 Å². The van der Waals surface area contributed by atoms with Crippen molar-refractivity contribution in [2.75, 3.05) is 20.3 Å². The van der Waals surface area contributed by atoms with E-state index in [0.29, 0.717) is 12.2 Å². The van der Waals surface area contributed by atoms with Gasteiger partial charge in [0.05, 0.1) is 0 Å². The van der Waals surface area contributed by atoms with Gasteiger partial charge < -0.3 is 15.4 Å². The highest BCUT2D eigenvalue weighted by atomic mass is 32.1. The average molecular weight is 255 g/mol. The van der Waals surface area contributed by atoms with Crippen LogP contribution < -0.4 is 5.73 Å². The lowest BCUT2D eigenvalue weighted by atomic mass is 10.1. The number of amides is 1. The smallest absolute Gasteiger partial charge is 0.273 e. The Kier molecular flexibility index (Phi) is 4.09. The predicted octanol–water partition coefficient (Wildman–Crippen LogP) is 0.853. The highest BCUT2D eigenvalue weighted by Crippen LogP contribution is 2.17. The van der Waals surface area contributed by atoms with Crippen molar-refractivity contribution in [2.45, 2.75) is 25.4 Å². The van der Waals surface area contributed by atoms with Gasteiger partial charge in [0.2, 0.25) is 0 Å². The van der Waals surface area contributed by atoms with Crippen molar-refractivity contribution in [2.24, 2.45) is 5.73 Å². The molecule has 1 saturated heterocycles. The summed E-state index contributed by atoms with van der Waals surface area (Å²) in [5, 5.41) is 2.58. The van der Waals surface area contributed by atoms with Gasteiger partial charge in [-0.3, -0.25) is 4.79 Å². The summed E-state index contributed by atoms with van der Waals surface area (Å²) in [5.74, 6) is -0.0205. The van der Waals surface area contributed by atoms with Gasteiger partial charge in [-0.15, -0.1) is 11.3 Å². The summed E-state index contributed by atoms with van der Waals surface area (Å²) in [4.78, 5) is 18.2. The first kappa shape index (κ1) is 12.5. The minimum absolute atomic E-state index is 0.0205. The Morgan fingerprint density at radius 1 is 1.65 bits per heavy atom. The second-order valence-electron chi connectivity index (χ2n) is 4.09. The quantitative estimate of drug-likeness (QED) is 0.869. The maximum Gasteiger partial charge on any atom is 0.273 e. The molecule has 0 atom stereocenters. The van der Waals surface area contributed by atoms with Crippen LogP contribution in [0.4, 0.5) is 0 Å². The number of thiazole rings is 1. The number of hydrogen-bond acceptors (Lipinski definition) is 5. The molecule has 1 amide bonds. The Bertz CT molecular complexity index is 388. The van der Waals surface area contributed by atoms with E-state index < -0.39 is 0 Å². The lowest BCUT2D eigenvalue weighted by Crippen LogP contribution is -2.40. The zero-order valence-electron chi connectivity index (χ0n) is 9.89. The highest BCUT2D eigenvalue weighted by Gasteiger charge is 2.24. The fourth-order valence-electron chi connectivity index (χ4n) is 1.92. The molecule has 0 bridgehead atoms. The van der Waals surface area contributed by atoms with Gasteiger partial charge in [0.1, 0.15) is 10.7 Å². The summed E-state index contributed by atoms with van der Waals surface area (Å²) in [5.41, 5.74) is 5.99. The lowest BCUT2D eigenvalue weighted by Gasteiger charge is -2.30. The van der Waals surface area contributed by atoms with Crippen LogP contribution in [0.5, 0.6) is 0 Å². The van der Waals surface area contributed by atoms with E-state index in [1.165, 1.54) is 11.3 Å². The highest BCUT2D eigenvalue weighted by molar-refractivity contribution is 7.09. The van der Waals surface area contributed by atoms with E-state index in [1.807, 2.05) is 7.05 Å². The normalized spacial score (nSPS) is 17.1. The van der Waals surface area contributed by atoms with Gasteiger partial charge in [0, 0.05) is 38.2 Å². The van der Waals surface area contributed by atoms with E-state index in [9.17, 15) is 4.79 Å². The molecule has 1 fully saturated rings. The molecular formula is C11H17N3O2S. The van der Waals surface area contributed by atoms with Crippen molar-refractivity contribution < 1.29 is 9.53 Å². The Labute approximate surface area is 105 Å². The molecule has 2 rings (SSSR count). The topological polar surface area (TPSA) is 68.5 Å². The number of carbonyl (C=O) groups excluding carboxylic acids is 1. The fourth-order valence-corrected chi connectivity index (χ4v) is 2.57. The van der Waals surface area contributed by atoms with Crippen LogP contribution in [0, 0.1) is 0 Å². The van der Waals surface area contributed by atoms with Gasteiger partial charge in [-0.25, -0.2) is 4.98 Å². The summed E-state index contributed by atoms with van der Waals surface area (Å²) in [6, 6.07) is 0.263. The van der Waals surface area contributed by atoms with Crippen molar-refractivity contribution in [1.29, 1.82) is 0 Å². The third-order valence-electron chi connectivity index (χ3n) is 3.00. The van der Waals surface area contributed by atoms with Crippen molar-refractivity contribution in [3.05, 3.63) is 16.1 Å². The largest absolute Gasteiger partial charge is 0.381 e. The van der Waals surface area contributed by atoms with Crippen molar-refractivity contribution in [1.82, 2.24) is 9.88 Å². The summed E-state index contributed by atoms with van der Waals surface area (Å²) in [7, 11) is 1.83. The van der Waals surface area contributed by atoms with Crippen LogP contribution in [0.15, 0.2) is 5.38 Å². The van der Waals surface area contributed by atoms with Gasteiger partial charge in [0.25, 0.3) is 5.91 Å². The number of hydrogen-bond donors (Lipinski definition) is 1. The van der Waals surface area contributed by atoms with Gasteiger partial charge in [-0.1, -0.05) is 0 Å². The average Bonchev–Trinajstić information content (AvgIpc) is 2.87. The fraction of sp³-hybridized carbons (Fsp3) is 0.636. The summed E-state index contributed by atoms with van der Waals surface area (Å²) in [6.45, 7) is 1.85. The second kappa shape index (κ2) is 5.57. The van der Waals surface area contributed by atoms with E-state index in [-0.39, 0.29) is 11.9 Å². The summed E-state index contributed by atoms with van der Waals surface area (Å²) >= 11 is 1.43. The Hall–Kier alpha value is -0.980. The van der Waals surface area contributed by atoms with Crippen molar-refractivity contribution in [3.8, 4) is 0 Å². The molecule has 5 nitrogen and oxygen atoms in total. The predicted molar refractivity (Wildman–Crippen MR) is 65.9 cm³/mol. The number of aromatic nitrogens is 1. The Morgan fingerprint density at radius 3 is 2.94 bits per heavy atom. The van der Waals surface area contributed by atoms with Crippen LogP contribution in [0.25, 0.3) is 0 Å². The zero-order chi connectivity index (χ0) is 12.3. The zero-order valence-corrected chi connectivity index (χ0v) is 10.7. The van der Waals surface area contributed by atoms with E-state index in [4.69, 9.17) is 10.5 Å². The number of rotatable bonds is 3. The molecule has 2 heterocycles. The maximum atomic E-state index is 12.2. The monoisotopic (exact) mass is 255 g/mol. The van der Waals surface area contributed by atoms with E-state index in [1.54, 1.807) is 10.3 Å². The number of nitrogens with two attached hydrogens (primary N) is 1. The first-order valence-electron chi connectivity index (χ1n) is 5.71. The van der Waals surface area contributed by atoms with Crippen LogP contribution in [-0.4, -0.2) is 42.1 Å². The molecular weight excluding hydrogens is 238 g/mol. The molecule has 1 aromatic heterocycles. The Balaban J connectivity index is 2.02. The standard InChI is InChI=1S/C11H17N3O2S/c1-14(8-2-4-16-5-3-8)11(15)9-7-17-10(6-12)13-9/h7-8H,2-6,12H2,1H3. The van der Waals surface area contributed by atoms with Gasteiger partial charge in [0.15, 0.2) is 0 Å². The Morgan fingerprint density at radius 2 is 2.35 bits per heavy atom. The van der Waals surface area contributed by atoms with Crippen molar-refractivity contribution in [3.63, 3.8) is 0 Å². The molecule has 1 aliphatic heterocycles. The molecule has 17 heavy (non-hydrogen) atoms. The van der Waals surface area contributed by atoms with E-state index in [0.717, 1.165) is 31.1 Å². The molecule has 6 heteroatoms. The molecule has 1 aromatic rings. The SMILES string of the molecule is CN(C(=O)c1csc(CN)n1)C1CCOCC1.